The lowest BCUT2D eigenvalue weighted by Gasteiger charge is -2.37. The standard InChI is InChI=1S/C18H21N3O2S/c1-13-19-20-17(24-13)12-21-9-4-7-18(8-10-21)11-15(22)14-5-2-3-6-16(14)23-18/h2-3,5-6H,4,7-12H2,1H3. The van der Waals surface area contributed by atoms with Crippen molar-refractivity contribution >= 4 is 17.1 Å². The van der Waals surface area contributed by atoms with Crippen LogP contribution in [-0.4, -0.2) is 39.6 Å². The van der Waals surface area contributed by atoms with E-state index in [2.05, 4.69) is 15.1 Å². The average molecular weight is 343 g/mol. The number of likely N-dealkylation sites (tertiary alicyclic amines) is 1. The summed E-state index contributed by atoms with van der Waals surface area (Å²) in [5.41, 5.74) is 0.394. The van der Waals surface area contributed by atoms with Crippen LogP contribution in [0.25, 0.3) is 0 Å². The van der Waals surface area contributed by atoms with Crippen molar-refractivity contribution in [2.75, 3.05) is 13.1 Å². The maximum atomic E-state index is 12.5. The molecule has 2 aliphatic rings. The summed E-state index contributed by atoms with van der Waals surface area (Å²) >= 11 is 1.66. The predicted molar refractivity (Wildman–Crippen MR) is 92.5 cm³/mol. The molecule has 1 unspecified atom stereocenters. The van der Waals surface area contributed by atoms with Gasteiger partial charge in [0.15, 0.2) is 5.78 Å². The van der Waals surface area contributed by atoms with Crippen molar-refractivity contribution in [2.24, 2.45) is 0 Å². The smallest absolute Gasteiger partial charge is 0.170 e. The molecule has 2 aromatic rings. The number of carbonyl (C=O) groups excluding carboxylic acids is 1. The van der Waals surface area contributed by atoms with E-state index in [4.69, 9.17) is 4.74 Å². The number of benzene rings is 1. The molecule has 126 valence electrons. The fourth-order valence-corrected chi connectivity index (χ4v) is 4.45. The predicted octanol–water partition coefficient (Wildman–Crippen LogP) is 3.24. The number of ketones is 1. The second kappa shape index (κ2) is 6.26. The van der Waals surface area contributed by atoms with E-state index in [-0.39, 0.29) is 11.4 Å². The first-order chi connectivity index (χ1) is 11.6. The number of rotatable bonds is 2. The van der Waals surface area contributed by atoms with Crippen molar-refractivity contribution in [1.29, 1.82) is 0 Å². The first-order valence-corrected chi connectivity index (χ1v) is 9.28. The van der Waals surface area contributed by atoms with Gasteiger partial charge < -0.3 is 4.74 Å². The molecule has 24 heavy (non-hydrogen) atoms. The molecule has 0 bridgehead atoms. The van der Waals surface area contributed by atoms with E-state index in [1.54, 1.807) is 11.3 Å². The molecule has 6 heteroatoms. The number of fused-ring (bicyclic) bond motifs is 1. The zero-order chi connectivity index (χ0) is 16.6. The molecule has 0 amide bonds. The second-order valence-corrected chi connectivity index (χ2v) is 7.99. The fraction of sp³-hybridized carbons (Fsp3) is 0.500. The van der Waals surface area contributed by atoms with E-state index >= 15 is 0 Å². The molecule has 1 aromatic heterocycles. The van der Waals surface area contributed by atoms with Gasteiger partial charge in [-0.1, -0.05) is 12.1 Å². The molecule has 1 aromatic carbocycles. The zero-order valence-electron chi connectivity index (χ0n) is 13.8. The largest absolute Gasteiger partial charge is 0.486 e. The lowest BCUT2D eigenvalue weighted by atomic mass is 9.84. The number of ether oxygens (including phenoxy) is 1. The molecule has 3 heterocycles. The molecule has 1 fully saturated rings. The maximum Gasteiger partial charge on any atom is 0.170 e. The summed E-state index contributed by atoms with van der Waals surface area (Å²) in [6, 6.07) is 7.62. The number of carbonyl (C=O) groups is 1. The van der Waals surface area contributed by atoms with Gasteiger partial charge in [-0.15, -0.1) is 21.5 Å². The number of para-hydroxylation sites is 1. The molecule has 2 aliphatic heterocycles. The summed E-state index contributed by atoms with van der Waals surface area (Å²) in [7, 11) is 0. The summed E-state index contributed by atoms with van der Waals surface area (Å²) in [6.07, 6.45) is 3.34. The highest BCUT2D eigenvalue weighted by atomic mass is 32.1. The second-order valence-electron chi connectivity index (χ2n) is 6.73. The minimum absolute atomic E-state index is 0.213. The van der Waals surface area contributed by atoms with Crippen molar-refractivity contribution < 1.29 is 9.53 Å². The van der Waals surface area contributed by atoms with Crippen LogP contribution in [0.1, 0.15) is 46.1 Å². The Hall–Kier alpha value is -1.79. The van der Waals surface area contributed by atoms with Crippen LogP contribution in [0.15, 0.2) is 24.3 Å². The summed E-state index contributed by atoms with van der Waals surface area (Å²) < 4.78 is 6.34. The lowest BCUT2D eigenvalue weighted by Crippen LogP contribution is -2.42. The van der Waals surface area contributed by atoms with Gasteiger partial charge in [0.1, 0.15) is 21.4 Å². The molecule has 1 saturated heterocycles. The monoisotopic (exact) mass is 343 g/mol. The molecule has 0 radical (unpaired) electrons. The van der Waals surface area contributed by atoms with Gasteiger partial charge in [0, 0.05) is 13.0 Å². The zero-order valence-corrected chi connectivity index (χ0v) is 14.6. The van der Waals surface area contributed by atoms with Crippen molar-refractivity contribution in [2.45, 2.75) is 44.8 Å². The SMILES string of the molecule is Cc1nnc(CN2CCCC3(CC2)CC(=O)c2ccccc2O3)s1. The minimum atomic E-state index is -0.336. The third kappa shape index (κ3) is 3.08. The fourth-order valence-electron chi connectivity index (χ4n) is 3.70. The van der Waals surface area contributed by atoms with E-state index in [0.29, 0.717) is 6.42 Å². The number of aromatic nitrogens is 2. The first kappa shape index (κ1) is 15.7. The molecule has 5 nitrogen and oxygen atoms in total. The molecular formula is C18H21N3O2S. The summed E-state index contributed by atoms with van der Waals surface area (Å²) in [6.45, 7) is 4.76. The topological polar surface area (TPSA) is 55.3 Å². The molecular weight excluding hydrogens is 322 g/mol. The molecule has 0 aliphatic carbocycles. The van der Waals surface area contributed by atoms with E-state index in [1.165, 1.54) is 0 Å². The first-order valence-electron chi connectivity index (χ1n) is 8.46. The Kier molecular flexibility index (Phi) is 4.10. The van der Waals surface area contributed by atoms with Crippen LogP contribution < -0.4 is 4.74 Å². The Morgan fingerprint density at radius 3 is 2.96 bits per heavy atom. The quantitative estimate of drug-likeness (QED) is 0.838. The van der Waals surface area contributed by atoms with Crippen LogP contribution in [0.5, 0.6) is 5.75 Å². The van der Waals surface area contributed by atoms with Gasteiger partial charge >= 0.3 is 0 Å². The summed E-state index contributed by atoms with van der Waals surface area (Å²) in [5.74, 6) is 0.965. The Balaban J connectivity index is 1.48. The average Bonchev–Trinajstić information content (AvgIpc) is 2.88. The van der Waals surface area contributed by atoms with Crippen molar-refractivity contribution in [1.82, 2.24) is 15.1 Å². The number of aryl methyl sites for hydroxylation is 1. The highest BCUT2D eigenvalue weighted by molar-refractivity contribution is 7.11. The maximum absolute atomic E-state index is 12.5. The van der Waals surface area contributed by atoms with Crippen LogP contribution in [-0.2, 0) is 6.54 Å². The molecule has 0 N–H and O–H groups in total. The molecule has 1 spiro atoms. The highest BCUT2D eigenvalue weighted by Gasteiger charge is 2.41. The van der Waals surface area contributed by atoms with Crippen molar-refractivity contribution in [3.8, 4) is 5.75 Å². The van der Waals surface area contributed by atoms with E-state index in [0.717, 1.165) is 60.2 Å². The van der Waals surface area contributed by atoms with Crippen LogP contribution in [0.3, 0.4) is 0 Å². The van der Waals surface area contributed by atoms with Crippen molar-refractivity contribution in [3.63, 3.8) is 0 Å². The van der Waals surface area contributed by atoms with Crippen LogP contribution in [0.2, 0.25) is 0 Å². The molecule has 0 saturated carbocycles. The van der Waals surface area contributed by atoms with Crippen LogP contribution in [0.4, 0.5) is 0 Å². The van der Waals surface area contributed by atoms with E-state index in [1.807, 2.05) is 31.2 Å². The minimum Gasteiger partial charge on any atom is -0.486 e. The van der Waals surface area contributed by atoms with Gasteiger partial charge in [-0.05, 0) is 38.4 Å². The van der Waals surface area contributed by atoms with Gasteiger partial charge in [0.25, 0.3) is 0 Å². The van der Waals surface area contributed by atoms with Gasteiger partial charge in [-0.3, -0.25) is 9.69 Å². The Morgan fingerprint density at radius 2 is 2.12 bits per heavy atom. The Bertz CT molecular complexity index is 760. The third-order valence-corrected chi connectivity index (χ3v) is 5.74. The Labute approximate surface area is 145 Å². The number of hydrogen-bond acceptors (Lipinski definition) is 6. The third-order valence-electron chi connectivity index (χ3n) is 4.91. The van der Waals surface area contributed by atoms with Gasteiger partial charge in [-0.25, -0.2) is 0 Å². The van der Waals surface area contributed by atoms with E-state index in [9.17, 15) is 4.79 Å². The summed E-state index contributed by atoms with van der Waals surface area (Å²) in [5, 5.41) is 10.4. The van der Waals surface area contributed by atoms with Crippen molar-refractivity contribution in [3.05, 3.63) is 39.8 Å². The van der Waals surface area contributed by atoms with Crippen LogP contribution >= 0.6 is 11.3 Å². The number of hydrogen-bond donors (Lipinski definition) is 0. The van der Waals surface area contributed by atoms with Gasteiger partial charge in [0.2, 0.25) is 0 Å². The highest BCUT2D eigenvalue weighted by Crippen LogP contribution is 2.39. The van der Waals surface area contributed by atoms with Gasteiger partial charge in [-0.2, -0.15) is 0 Å². The number of nitrogens with zero attached hydrogens (tertiary/aromatic N) is 3. The summed E-state index contributed by atoms with van der Waals surface area (Å²) in [4.78, 5) is 14.9. The van der Waals surface area contributed by atoms with Gasteiger partial charge in [0.05, 0.1) is 18.5 Å². The van der Waals surface area contributed by atoms with Crippen LogP contribution in [0, 0.1) is 6.92 Å². The molecule has 1 atom stereocenters. The normalized spacial score (nSPS) is 24.5. The van der Waals surface area contributed by atoms with E-state index < -0.39 is 0 Å². The Morgan fingerprint density at radius 1 is 1.25 bits per heavy atom. The molecule has 4 rings (SSSR count). The number of Topliss-reactive ketones (excluding diaryl/α,β-unsaturated/α-hetero) is 1. The lowest BCUT2D eigenvalue weighted by molar-refractivity contribution is 0.0299.